The number of pyridine rings is 2. The SMILES string of the molecule is CNCCCCNC(=O)CCSSc1ccccn1.O=CCCSSc1ccccn1. The van der Waals surface area contributed by atoms with Crippen LogP contribution in [0.1, 0.15) is 25.7 Å². The number of aromatic nitrogens is 2. The standard InChI is InChI=1S/C13H21N3OS2.C8H9NOS2/c1-14-8-4-5-9-15-12(17)7-11-18-19-13-6-2-3-10-16-13;10-6-3-7-11-12-8-4-1-2-5-9-8/h2-3,6,10,14H,4-5,7-9,11H2,1H3,(H,15,17);1-2,4-6H,3,7H2. The molecule has 0 fully saturated rings. The van der Waals surface area contributed by atoms with Crippen molar-refractivity contribution in [3.05, 3.63) is 48.8 Å². The quantitative estimate of drug-likeness (QED) is 0.205. The molecule has 0 bridgehead atoms. The minimum absolute atomic E-state index is 0.138. The van der Waals surface area contributed by atoms with Gasteiger partial charge in [0.05, 0.1) is 0 Å². The summed E-state index contributed by atoms with van der Waals surface area (Å²) in [5, 5.41) is 8.00. The average Bonchev–Trinajstić information content (AvgIpc) is 2.81. The Morgan fingerprint density at radius 3 is 2.10 bits per heavy atom. The van der Waals surface area contributed by atoms with Gasteiger partial charge in [0.15, 0.2) is 0 Å². The van der Waals surface area contributed by atoms with Gasteiger partial charge >= 0.3 is 0 Å². The van der Waals surface area contributed by atoms with Crippen LogP contribution in [0.2, 0.25) is 0 Å². The van der Waals surface area contributed by atoms with Crippen molar-refractivity contribution < 1.29 is 9.59 Å². The van der Waals surface area contributed by atoms with Gasteiger partial charge in [0, 0.05) is 43.3 Å². The molecule has 0 atom stereocenters. The maximum atomic E-state index is 11.5. The van der Waals surface area contributed by atoms with Crippen molar-refractivity contribution in [3.8, 4) is 0 Å². The first kappa shape index (κ1) is 27.8. The van der Waals surface area contributed by atoms with Crippen LogP contribution in [0.4, 0.5) is 0 Å². The van der Waals surface area contributed by atoms with Gasteiger partial charge in [-0.25, -0.2) is 9.97 Å². The van der Waals surface area contributed by atoms with E-state index < -0.39 is 0 Å². The normalized spacial score (nSPS) is 10.1. The number of rotatable bonds is 15. The fourth-order valence-corrected chi connectivity index (χ4v) is 5.67. The molecule has 0 saturated carbocycles. The predicted molar refractivity (Wildman–Crippen MR) is 137 cm³/mol. The molecule has 31 heavy (non-hydrogen) atoms. The van der Waals surface area contributed by atoms with Crippen molar-refractivity contribution in [1.82, 2.24) is 20.6 Å². The number of hydrogen-bond donors (Lipinski definition) is 2. The number of aldehydes is 1. The van der Waals surface area contributed by atoms with Crippen LogP contribution in [0.3, 0.4) is 0 Å². The first-order valence-electron chi connectivity index (χ1n) is 10.0. The number of carbonyl (C=O) groups excluding carboxylic acids is 2. The molecule has 0 radical (unpaired) electrons. The summed E-state index contributed by atoms with van der Waals surface area (Å²) in [6.45, 7) is 1.78. The smallest absolute Gasteiger partial charge is 0.220 e. The van der Waals surface area contributed by atoms with E-state index in [2.05, 4.69) is 20.6 Å². The summed E-state index contributed by atoms with van der Waals surface area (Å²) in [5.74, 6) is 1.80. The van der Waals surface area contributed by atoms with Crippen molar-refractivity contribution in [2.45, 2.75) is 35.7 Å². The zero-order valence-corrected chi connectivity index (χ0v) is 21.0. The van der Waals surface area contributed by atoms with Crippen molar-refractivity contribution in [1.29, 1.82) is 0 Å². The molecule has 0 aliphatic rings. The minimum Gasteiger partial charge on any atom is -0.356 e. The third-order valence-corrected chi connectivity index (χ3v) is 8.04. The molecule has 2 aromatic heterocycles. The lowest BCUT2D eigenvalue weighted by atomic mass is 10.3. The second kappa shape index (κ2) is 20.7. The van der Waals surface area contributed by atoms with Gasteiger partial charge in [-0.3, -0.25) is 4.79 Å². The number of carbonyl (C=O) groups is 2. The molecule has 0 aromatic carbocycles. The molecule has 1 amide bonds. The van der Waals surface area contributed by atoms with Gasteiger partial charge in [0.25, 0.3) is 0 Å². The molecule has 6 nitrogen and oxygen atoms in total. The average molecular weight is 499 g/mol. The number of nitrogens with one attached hydrogen (secondary N) is 2. The van der Waals surface area contributed by atoms with Gasteiger partial charge in [-0.2, -0.15) is 0 Å². The Bertz CT molecular complexity index is 696. The van der Waals surface area contributed by atoms with Gasteiger partial charge in [0.2, 0.25) is 5.91 Å². The summed E-state index contributed by atoms with van der Waals surface area (Å²) in [6, 6.07) is 11.6. The van der Waals surface area contributed by atoms with Gasteiger partial charge in [-0.05, 0) is 72.3 Å². The second-order valence-electron chi connectivity index (χ2n) is 6.01. The Labute approximate surface area is 201 Å². The highest BCUT2D eigenvalue weighted by atomic mass is 33.1. The molecule has 0 aliphatic carbocycles. The molecule has 0 aliphatic heterocycles. The van der Waals surface area contributed by atoms with E-state index >= 15 is 0 Å². The highest BCUT2D eigenvalue weighted by Gasteiger charge is 2.01. The summed E-state index contributed by atoms with van der Waals surface area (Å²) in [6.07, 6.45) is 7.79. The van der Waals surface area contributed by atoms with Crippen LogP contribution in [0.15, 0.2) is 58.8 Å². The number of hydrogen-bond acceptors (Lipinski definition) is 9. The van der Waals surface area contributed by atoms with E-state index in [-0.39, 0.29) is 5.91 Å². The lowest BCUT2D eigenvalue weighted by Crippen LogP contribution is -2.25. The predicted octanol–water partition coefficient (Wildman–Crippen LogP) is 4.74. The van der Waals surface area contributed by atoms with Gasteiger partial charge in [0.1, 0.15) is 16.3 Å². The molecular formula is C21H30N4O2S4. The maximum absolute atomic E-state index is 11.5. The summed E-state index contributed by atoms with van der Waals surface area (Å²) in [7, 11) is 8.48. The van der Waals surface area contributed by atoms with Crippen LogP contribution in [0.5, 0.6) is 0 Å². The maximum Gasteiger partial charge on any atom is 0.220 e. The third-order valence-electron chi connectivity index (χ3n) is 3.47. The monoisotopic (exact) mass is 498 g/mol. The van der Waals surface area contributed by atoms with Crippen molar-refractivity contribution >= 4 is 55.4 Å². The van der Waals surface area contributed by atoms with E-state index in [1.807, 2.05) is 43.4 Å². The molecule has 10 heteroatoms. The fraction of sp³-hybridized carbons (Fsp3) is 0.429. The van der Waals surface area contributed by atoms with Crippen molar-refractivity contribution in [2.75, 3.05) is 31.6 Å². The third kappa shape index (κ3) is 17.1. The van der Waals surface area contributed by atoms with Crippen LogP contribution in [0, 0.1) is 0 Å². The lowest BCUT2D eigenvalue weighted by Gasteiger charge is -2.04. The molecule has 2 N–H and O–H groups in total. The molecule has 0 unspecified atom stereocenters. The van der Waals surface area contributed by atoms with Crippen LogP contribution in [-0.4, -0.2) is 53.8 Å². The fourth-order valence-electron chi connectivity index (χ4n) is 1.97. The molecule has 170 valence electrons. The van der Waals surface area contributed by atoms with E-state index in [0.29, 0.717) is 12.8 Å². The van der Waals surface area contributed by atoms with Gasteiger partial charge in [-0.15, -0.1) is 0 Å². The van der Waals surface area contributed by atoms with Crippen LogP contribution >= 0.6 is 43.2 Å². The Morgan fingerprint density at radius 2 is 1.55 bits per heavy atom. The van der Waals surface area contributed by atoms with Gasteiger partial charge < -0.3 is 15.4 Å². The van der Waals surface area contributed by atoms with Crippen LogP contribution in [0.25, 0.3) is 0 Å². The first-order valence-corrected chi connectivity index (χ1v) is 14.7. The van der Waals surface area contributed by atoms with E-state index in [1.165, 1.54) is 0 Å². The number of amides is 1. The number of unbranched alkanes of at least 4 members (excludes halogenated alkanes) is 1. The summed E-state index contributed by atoms with van der Waals surface area (Å²) in [4.78, 5) is 29.8. The van der Waals surface area contributed by atoms with Crippen molar-refractivity contribution in [3.63, 3.8) is 0 Å². The molecule has 0 saturated heterocycles. The zero-order chi connectivity index (χ0) is 22.4. The molecule has 2 heterocycles. The largest absolute Gasteiger partial charge is 0.356 e. The van der Waals surface area contributed by atoms with E-state index in [4.69, 9.17) is 0 Å². The Hall–Kier alpha value is -1.20. The highest BCUT2D eigenvalue weighted by Crippen LogP contribution is 2.29. The Balaban J connectivity index is 0.000000343. The second-order valence-corrected chi connectivity index (χ2v) is 10.9. The highest BCUT2D eigenvalue weighted by molar-refractivity contribution is 8.77. The molecule has 2 aromatic rings. The Morgan fingerprint density at radius 1 is 0.935 bits per heavy atom. The van der Waals surface area contributed by atoms with Crippen LogP contribution in [-0.2, 0) is 9.59 Å². The number of nitrogens with zero attached hydrogens (tertiary/aromatic N) is 2. The first-order chi connectivity index (χ1) is 15.3. The van der Waals surface area contributed by atoms with Gasteiger partial charge in [-0.1, -0.05) is 33.7 Å². The minimum atomic E-state index is 0.138. The van der Waals surface area contributed by atoms with Crippen molar-refractivity contribution in [2.24, 2.45) is 0 Å². The van der Waals surface area contributed by atoms with Crippen LogP contribution < -0.4 is 10.6 Å². The summed E-state index contributed by atoms with van der Waals surface area (Å²) >= 11 is 0. The van der Waals surface area contributed by atoms with E-state index in [1.54, 1.807) is 55.6 Å². The Kier molecular flexibility index (Phi) is 18.6. The summed E-state index contributed by atoms with van der Waals surface area (Å²) in [5.41, 5.74) is 0. The van der Waals surface area contributed by atoms with E-state index in [0.717, 1.165) is 53.8 Å². The molecule has 2 rings (SSSR count). The lowest BCUT2D eigenvalue weighted by molar-refractivity contribution is -0.120. The van der Waals surface area contributed by atoms with E-state index in [9.17, 15) is 9.59 Å². The summed E-state index contributed by atoms with van der Waals surface area (Å²) < 4.78 is 0. The molecule has 0 spiro atoms. The topological polar surface area (TPSA) is 84.0 Å². The zero-order valence-electron chi connectivity index (χ0n) is 17.7. The molecular weight excluding hydrogens is 469 g/mol.